The van der Waals surface area contributed by atoms with Crippen LogP contribution in [0.15, 0.2) is 0 Å². The van der Waals surface area contributed by atoms with Crippen molar-refractivity contribution in [2.24, 2.45) is 11.5 Å². The lowest BCUT2D eigenvalue weighted by Gasteiger charge is -2.23. The molecule has 1 aliphatic rings. The minimum atomic E-state index is -0.480. The highest BCUT2D eigenvalue weighted by Gasteiger charge is 2.23. The van der Waals surface area contributed by atoms with Crippen molar-refractivity contribution in [1.82, 2.24) is 10.5 Å². The molecule has 0 bridgehead atoms. The van der Waals surface area contributed by atoms with E-state index in [0.717, 1.165) is 43.6 Å². The van der Waals surface area contributed by atoms with Crippen molar-refractivity contribution >= 4 is 29.5 Å². The second-order valence-corrected chi connectivity index (χ2v) is 8.77. The maximum absolute atomic E-state index is 11.8. The molecule has 1 rings (SSSR count). The van der Waals surface area contributed by atoms with Gasteiger partial charge >= 0.3 is 5.97 Å². The van der Waals surface area contributed by atoms with E-state index in [0.29, 0.717) is 44.1 Å². The van der Waals surface area contributed by atoms with Crippen LogP contribution in [0.3, 0.4) is 0 Å². The summed E-state index contributed by atoms with van der Waals surface area (Å²) in [5, 5.41) is 3.60. The number of carbonyl (C=O) groups excluding carboxylic acids is 3. The van der Waals surface area contributed by atoms with Crippen molar-refractivity contribution in [3.63, 3.8) is 0 Å². The number of hydrogen-bond acceptors (Lipinski definition) is 8. The molecule has 2 amide bonds. The first-order valence-electron chi connectivity index (χ1n) is 10.9. The van der Waals surface area contributed by atoms with E-state index in [1.807, 2.05) is 18.7 Å². The summed E-state index contributed by atoms with van der Waals surface area (Å²) in [6.45, 7) is 2.90. The summed E-state index contributed by atoms with van der Waals surface area (Å²) < 4.78 is 0. The maximum atomic E-state index is 11.8. The molecule has 0 radical (unpaired) electrons. The fourth-order valence-corrected chi connectivity index (χ4v) is 3.83. The molecule has 9 nitrogen and oxygen atoms in total. The summed E-state index contributed by atoms with van der Waals surface area (Å²) in [6.07, 6.45) is 6.95. The molecule has 174 valence electrons. The number of rotatable bonds is 16. The fraction of sp³-hybridized carbons (Fsp3) is 0.850. The zero-order chi connectivity index (χ0) is 22.2. The Kier molecular flexibility index (Phi) is 14.5. The zero-order valence-corrected chi connectivity index (χ0v) is 18.9. The topological polar surface area (TPSA) is 137 Å². The average molecular weight is 447 g/mol. The Morgan fingerprint density at radius 1 is 1.17 bits per heavy atom. The van der Waals surface area contributed by atoms with Crippen LogP contribution in [0.2, 0.25) is 0 Å². The van der Waals surface area contributed by atoms with Gasteiger partial charge in [0.2, 0.25) is 5.91 Å². The number of nitrogens with zero attached hydrogens (tertiary/aromatic N) is 1. The van der Waals surface area contributed by atoms with E-state index in [-0.39, 0.29) is 30.3 Å². The lowest BCUT2D eigenvalue weighted by Crippen LogP contribution is -2.40. The summed E-state index contributed by atoms with van der Waals surface area (Å²) >= 11 is 1.82. The van der Waals surface area contributed by atoms with Gasteiger partial charge in [0.25, 0.3) is 5.91 Å². The third kappa shape index (κ3) is 13.0. The number of nitrogens with one attached hydrogen (secondary N) is 1. The Morgan fingerprint density at radius 2 is 1.90 bits per heavy atom. The van der Waals surface area contributed by atoms with Gasteiger partial charge in [0.15, 0.2) is 0 Å². The van der Waals surface area contributed by atoms with Crippen molar-refractivity contribution in [3.05, 3.63) is 0 Å². The number of thioether (sulfide) groups is 1. The molecule has 1 fully saturated rings. The number of carbonyl (C=O) groups is 3. The summed E-state index contributed by atoms with van der Waals surface area (Å²) in [5.74, 6) is 1.18. The van der Waals surface area contributed by atoms with Gasteiger partial charge in [0.1, 0.15) is 0 Å². The fourth-order valence-electron chi connectivity index (χ4n) is 2.67. The van der Waals surface area contributed by atoms with Crippen LogP contribution < -0.4 is 16.8 Å². The van der Waals surface area contributed by atoms with Gasteiger partial charge in [-0.25, -0.2) is 9.63 Å². The lowest BCUT2D eigenvalue weighted by atomic mass is 10.2. The van der Waals surface area contributed by atoms with Crippen LogP contribution in [0, 0.1) is 0 Å². The molecule has 1 aliphatic heterocycles. The molecule has 0 spiro atoms. The van der Waals surface area contributed by atoms with Crippen molar-refractivity contribution in [2.75, 3.05) is 24.7 Å². The summed E-state index contributed by atoms with van der Waals surface area (Å²) in [7, 11) is 0. The SMILES string of the molecule is CC(N)C(N)CSCCCCCC(=O)NCCCCCC(=O)ON1OCCCC1=O. The quantitative estimate of drug-likeness (QED) is 0.304. The van der Waals surface area contributed by atoms with E-state index in [1.165, 1.54) is 0 Å². The minimum Gasteiger partial charge on any atom is -0.356 e. The number of amides is 2. The predicted octanol–water partition coefficient (Wildman–Crippen LogP) is 1.64. The zero-order valence-electron chi connectivity index (χ0n) is 18.1. The molecular formula is C20H38N4O5S. The largest absolute Gasteiger partial charge is 0.356 e. The van der Waals surface area contributed by atoms with Gasteiger partial charge in [0.05, 0.1) is 6.61 Å². The van der Waals surface area contributed by atoms with E-state index in [4.69, 9.17) is 21.1 Å². The number of nitrogens with two attached hydrogens (primary N) is 2. The van der Waals surface area contributed by atoms with Gasteiger partial charge in [-0.3, -0.25) is 9.59 Å². The molecule has 0 aromatic rings. The van der Waals surface area contributed by atoms with Crippen LogP contribution in [0.1, 0.15) is 71.1 Å². The molecule has 2 unspecified atom stereocenters. The predicted molar refractivity (Wildman–Crippen MR) is 117 cm³/mol. The molecular weight excluding hydrogens is 408 g/mol. The van der Waals surface area contributed by atoms with Gasteiger partial charge in [-0.15, -0.1) is 0 Å². The van der Waals surface area contributed by atoms with Gasteiger partial charge < -0.3 is 21.6 Å². The van der Waals surface area contributed by atoms with Crippen LogP contribution in [-0.2, 0) is 24.1 Å². The van der Waals surface area contributed by atoms with Gasteiger partial charge in [-0.2, -0.15) is 11.8 Å². The van der Waals surface area contributed by atoms with Crippen LogP contribution in [-0.4, -0.2) is 59.8 Å². The molecule has 0 aliphatic carbocycles. The lowest BCUT2D eigenvalue weighted by molar-refractivity contribution is -0.331. The molecule has 0 aromatic carbocycles. The van der Waals surface area contributed by atoms with Crippen molar-refractivity contribution in [1.29, 1.82) is 0 Å². The van der Waals surface area contributed by atoms with E-state index in [2.05, 4.69) is 5.32 Å². The molecule has 2 atom stereocenters. The Bertz CT molecular complexity index is 521. The van der Waals surface area contributed by atoms with Crippen molar-refractivity contribution < 1.29 is 24.1 Å². The molecule has 1 heterocycles. The average Bonchev–Trinajstić information content (AvgIpc) is 2.71. The molecule has 0 aromatic heterocycles. The normalized spacial score (nSPS) is 16.2. The van der Waals surface area contributed by atoms with Crippen LogP contribution in [0.4, 0.5) is 0 Å². The second-order valence-electron chi connectivity index (χ2n) is 7.62. The molecule has 30 heavy (non-hydrogen) atoms. The summed E-state index contributed by atoms with van der Waals surface area (Å²) in [5.41, 5.74) is 11.6. The van der Waals surface area contributed by atoms with Gasteiger partial charge in [-0.05, 0) is 50.0 Å². The Hall–Kier alpha value is -1.36. The molecule has 1 saturated heterocycles. The third-order valence-electron chi connectivity index (χ3n) is 4.69. The number of hydroxylamine groups is 2. The van der Waals surface area contributed by atoms with E-state index < -0.39 is 5.97 Å². The van der Waals surface area contributed by atoms with Crippen molar-refractivity contribution in [2.45, 2.75) is 83.2 Å². The van der Waals surface area contributed by atoms with Crippen LogP contribution in [0.25, 0.3) is 0 Å². The van der Waals surface area contributed by atoms with E-state index in [9.17, 15) is 14.4 Å². The summed E-state index contributed by atoms with van der Waals surface area (Å²) in [6, 6.07) is 0.0640. The first kappa shape index (κ1) is 26.7. The monoisotopic (exact) mass is 446 g/mol. The first-order valence-corrected chi connectivity index (χ1v) is 12.1. The van der Waals surface area contributed by atoms with Crippen LogP contribution >= 0.6 is 11.8 Å². The summed E-state index contributed by atoms with van der Waals surface area (Å²) in [4.78, 5) is 44.9. The first-order chi connectivity index (χ1) is 14.4. The highest BCUT2D eigenvalue weighted by molar-refractivity contribution is 7.99. The highest BCUT2D eigenvalue weighted by Crippen LogP contribution is 2.11. The Morgan fingerprint density at radius 3 is 2.63 bits per heavy atom. The minimum absolute atomic E-state index is 0.0230. The second kappa shape index (κ2) is 16.3. The maximum Gasteiger partial charge on any atom is 0.335 e. The number of hydrogen-bond donors (Lipinski definition) is 3. The van der Waals surface area contributed by atoms with Gasteiger partial charge in [0, 0.05) is 43.6 Å². The number of unbranched alkanes of at least 4 members (excludes halogenated alkanes) is 4. The Balaban J connectivity index is 1.89. The molecule has 0 saturated carbocycles. The molecule has 10 heteroatoms. The van der Waals surface area contributed by atoms with Gasteiger partial charge in [-0.1, -0.05) is 12.8 Å². The van der Waals surface area contributed by atoms with Crippen molar-refractivity contribution in [3.8, 4) is 0 Å². The van der Waals surface area contributed by atoms with Crippen LogP contribution in [0.5, 0.6) is 0 Å². The molecule has 5 N–H and O–H groups in total. The standard InChI is InChI=1S/C20H38N4O5S/c1-16(21)17(22)15-30-14-7-3-4-9-18(25)23-12-6-2-5-11-20(27)29-24-19(26)10-8-13-28-24/h16-17H,2-15,21-22H2,1H3,(H,23,25). The Labute approximate surface area is 183 Å². The smallest absolute Gasteiger partial charge is 0.335 e. The van der Waals surface area contributed by atoms with E-state index >= 15 is 0 Å². The third-order valence-corrected chi connectivity index (χ3v) is 5.89. The van der Waals surface area contributed by atoms with E-state index in [1.54, 1.807) is 0 Å². The highest BCUT2D eigenvalue weighted by atomic mass is 32.2.